The molecule has 9 heteroatoms. The average molecular weight is 538 g/mol. The van der Waals surface area contributed by atoms with Crippen LogP contribution in [0.2, 0.25) is 0 Å². The van der Waals surface area contributed by atoms with Crippen LogP contribution in [0.25, 0.3) is 10.8 Å². The number of benzene rings is 3. The van der Waals surface area contributed by atoms with Gasteiger partial charge in [-0.3, -0.25) is 9.59 Å². The van der Waals surface area contributed by atoms with Crippen LogP contribution in [0.5, 0.6) is 5.75 Å². The number of carbonyl (C=O) groups excluding carboxylic acids is 3. The summed E-state index contributed by atoms with van der Waals surface area (Å²) in [6, 6.07) is 17.6. The molecule has 3 amide bonds. The predicted molar refractivity (Wildman–Crippen MR) is 152 cm³/mol. The number of nitrogens with zero attached hydrogens (tertiary/aromatic N) is 1. The molecule has 8 nitrogen and oxygen atoms in total. The Bertz CT molecular complexity index is 1270. The number of aromatic hydroxyl groups is 1. The van der Waals surface area contributed by atoms with Crippen molar-refractivity contribution in [2.45, 2.75) is 44.9 Å². The smallest absolute Gasteiger partial charge is 0.408 e. The molecule has 3 aromatic carbocycles. The van der Waals surface area contributed by atoms with Crippen molar-refractivity contribution in [1.82, 2.24) is 10.2 Å². The quantitative estimate of drug-likeness (QED) is 0.341. The van der Waals surface area contributed by atoms with E-state index in [1.165, 1.54) is 24.1 Å². The lowest BCUT2D eigenvalue weighted by molar-refractivity contribution is -0.139. The van der Waals surface area contributed by atoms with E-state index >= 15 is 0 Å². The Morgan fingerprint density at radius 2 is 1.66 bits per heavy atom. The zero-order chi connectivity index (χ0) is 27.9. The van der Waals surface area contributed by atoms with Crippen LogP contribution >= 0.6 is 11.8 Å². The SMILES string of the molecule is CSCCC(NC(=O)OC(C)(C)C)C(=O)N(C)C(C(=O)Nc1ccc2ccccc2c1)c1ccc(O)cc1. The molecule has 2 atom stereocenters. The van der Waals surface area contributed by atoms with E-state index in [0.717, 1.165) is 10.8 Å². The van der Waals surface area contributed by atoms with Crippen LogP contribution < -0.4 is 10.6 Å². The summed E-state index contributed by atoms with van der Waals surface area (Å²) in [5.74, 6) is -0.201. The minimum atomic E-state index is -1.02. The summed E-state index contributed by atoms with van der Waals surface area (Å²) in [6.07, 6.45) is 1.57. The first kappa shape index (κ1) is 28.8. The van der Waals surface area contributed by atoms with Crippen LogP contribution in [0.3, 0.4) is 0 Å². The zero-order valence-corrected chi connectivity index (χ0v) is 23.2. The first-order chi connectivity index (χ1) is 18.0. The van der Waals surface area contributed by atoms with Gasteiger partial charge in [-0.25, -0.2) is 4.79 Å². The maximum absolute atomic E-state index is 13.7. The molecule has 3 N–H and O–H groups in total. The monoisotopic (exact) mass is 537 g/mol. The number of fused-ring (bicyclic) bond motifs is 1. The number of hydrogen-bond donors (Lipinski definition) is 3. The third-order valence-corrected chi connectivity index (χ3v) is 6.45. The Morgan fingerprint density at radius 1 is 1.00 bits per heavy atom. The summed E-state index contributed by atoms with van der Waals surface area (Å²) >= 11 is 1.54. The van der Waals surface area contributed by atoms with Crippen molar-refractivity contribution >= 4 is 46.1 Å². The van der Waals surface area contributed by atoms with Crippen molar-refractivity contribution in [3.63, 3.8) is 0 Å². The number of phenolic OH excluding ortho intramolecular Hbond substituents is 1. The molecule has 0 spiro atoms. The summed E-state index contributed by atoms with van der Waals surface area (Å²) in [6.45, 7) is 5.24. The molecular formula is C29H35N3O5S. The lowest BCUT2D eigenvalue weighted by Crippen LogP contribution is -2.51. The minimum Gasteiger partial charge on any atom is -0.508 e. The minimum absolute atomic E-state index is 0.0425. The highest BCUT2D eigenvalue weighted by Crippen LogP contribution is 2.26. The van der Waals surface area contributed by atoms with E-state index in [4.69, 9.17) is 4.74 Å². The first-order valence-electron chi connectivity index (χ1n) is 12.3. The fourth-order valence-corrected chi connectivity index (χ4v) is 4.47. The average Bonchev–Trinajstić information content (AvgIpc) is 2.86. The molecule has 202 valence electrons. The topological polar surface area (TPSA) is 108 Å². The second-order valence-electron chi connectivity index (χ2n) is 9.97. The van der Waals surface area contributed by atoms with Gasteiger partial charge in [-0.2, -0.15) is 11.8 Å². The van der Waals surface area contributed by atoms with Gasteiger partial charge in [0, 0.05) is 12.7 Å². The Balaban J connectivity index is 1.89. The fourth-order valence-electron chi connectivity index (χ4n) is 4.00. The molecule has 0 saturated carbocycles. The van der Waals surface area contributed by atoms with Gasteiger partial charge in [0.2, 0.25) is 5.91 Å². The normalized spacial score (nSPS) is 12.9. The van der Waals surface area contributed by atoms with Crippen LogP contribution in [0.15, 0.2) is 66.7 Å². The van der Waals surface area contributed by atoms with Crippen molar-refractivity contribution in [1.29, 1.82) is 0 Å². The molecule has 38 heavy (non-hydrogen) atoms. The summed E-state index contributed by atoms with van der Waals surface area (Å²) in [5.41, 5.74) is 0.374. The number of amides is 3. The highest BCUT2D eigenvalue weighted by Gasteiger charge is 2.34. The molecule has 0 bridgehead atoms. The van der Waals surface area contributed by atoms with Gasteiger partial charge in [0.05, 0.1) is 0 Å². The highest BCUT2D eigenvalue weighted by molar-refractivity contribution is 7.98. The molecule has 0 heterocycles. The second kappa shape index (κ2) is 12.7. The van der Waals surface area contributed by atoms with E-state index in [9.17, 15) is 19.5 Å². The maximum Gasteiger partial charge on any atom is 0.408 e. The highest BCUT2D eigenvalue weighted by atomic mass is 32.2. The summed E-state index contributed by atoms with van der Waals surface area (Å²) in [5, 5.41) is 17.4. The van der Waals surface area contributed by atoms with E-state index in [2.05, 4.69) is 10.6 Å². The van der Waals surface area contributed by atoms with Crippen LogP contribution in [0.4, 0.5) is 10.5 Å². The molecule has 2 unspecified atom stereocenters. The number of anilines is 1. The number of likely N-dealkylation sites (N-methyl/N-ethyl adjacent to an activating group) is 1. The number of carbonyl (C=O) groups is 3. The lowest BCUT2D eigenvalue weighted by Gasteiger charge is -2.31. The Kier molecular flexibility index (Phi) is 9.63. The van der Waals surface area contributed by atoms with Crippen molar-refractivity contribution < 1.29 is 24.2 Å². The molecule has 3 rings (SSSR count). The second-order valence-corrected chi connectivity index (χ2v) is 11.0. The Labute approximate surface area is 227 Å². The van der Waals surface area contributed by atoms with E-state index in [1.807, 2.05) is 42.7 Å². The third kappa shape index (κ3) is 7.89. The molecule has 0 aliphatic heterocycles. The number of rotatable bonds is 9. The number of thioether (sulfide) groups is 1. The lowest BCUT2D eigenvalue weighted by atomic mass is 10.0. The Hall–Kier alpha value is -3.72. The molecule has 3 aromatic rings. The van der Waals surface area contributed by atoms with E-state index < -0.39 is 35.6 Å². The van der Waals surface area contributed by atoms with Crippen LogP contribution in [-0.2, 0) is 14.3 Å². The first-order valence-corrected chi connectivity index (χ1v) is 13.7. The molecule has 0 aliphatic rings. The third-order valence-electron chi connectivity index (χ3n) is 5.81. The summed E-state index contributed by atoms with van der Waals surface area (Å²) < 4.78 is 5.36. The number of ether oxygens (including phenoxy) is 1. The van der Waals surface area contributed by atoms with Crippen LogP contribution in [0.1, 0.15) is 38.8 Å². The van der Waals surface area contributed by atoms with Crippen molar-refractivity contribution in [2.75, 3.05) is 24.4 Å². The van der Waals surface area contributed by atoms with Gasteiger partial charge in [-0.1, -0.05) is 42.5 Å². The largest absolute Gasteiger partial charge is 0.508 e. The van der Waals surface area contributed by atoms with Crippen molar-refractivity contribution in [2.24, 2.45) is 0 Å². The van der Waals surface area contributed by atoms with Crippen LogP contribution in [0, 0.1) is 0 Å². The van der Waals surface area contributed by atoms with Crippen molar-refractivity contribution in [3.05, 3.63) is 72.3 Å². The predicted octanol–water partition coefficient (Wildman–Crippen LogP) is 5.33. The van der Waals surface area contributed by atoms with Gasteiger partial charge in [-0.05, 0) is 79.8 Å². The number of nitrogens with one attached hydrogen (secondary N) is 2. The van der Waals surface area contributed by atoms with Gasteiger partial charge in [0.25, 0.3) is 5.91 Å². The standard InChI is InChI=1S/C29H35N3O5S/c1-29(2,3)37-28(36)31-24(16-17-38-5)27(35)32(4)25(20-11-14-23(33)15-12-20)26(34)30-22-13-10-19-8-6-7-9-21(19)18-22/h6-15,18,24-25,33H,16-17H2,1-5H3,(H,30,34)(H,31,36). The molecule has 0 aliphatic carbocycles. The van der Waals surface area contributed by atoms with Gasteiger partial charge >= 0.3 is 6.09 Å². The van der Waals surface area contributed by atoms with E-state index in [-0.39, 0.29) is 5.75 Å². The molecule has 0 fully saturated rings. The number of phenols is 1. The Morgan fingerprint density at radius 3 is 2.29 bits per heavy atom. The van der Waals surface area contributed by atoms with Crippen LogP contribution in [-0.4, -0.2) is 58.6 Å². The number of hydrogen-bond acceptors (Lipinski definition) is 6. The molecular weight excluding hydrogens is 502 g/mol. The van der Waals surface area contributed by atoms with E-state index in [1.54, 1.807) is 50.7 Å². The summed E-state index contributed by atoms with van der Waals surface area (Å²) in [7, 11) is 1.53. The fraction of sp³-hybridized carbons (Fsp3) is 0.345. The van der Waals surface area contributed by atoms with Gasteiger partial charge in [0.1, 0.15) is 23.4 Å². The molecule has 0 aromatic heterocycles. The van der Waals surface area contributed by atoms with Gasteiger partial charge in [-0.15, -0.1) is 0 Å². The summed E-state index contributed by atoms with van der Waals surface area (Å²) in [4.78, 5) is 41.1. The van der Waals surface area contributed by atoms with Crippen molar-refractivity contribution in [3.8, 4) is 5.75 Å². The number of alkyl carbamates (subject to hydrolysis) is 1. The molecule has 0 saturated heterocycles. The van der Waals surface area contributed by atoms with Gasteiger partial charge < -0.3 is 25.4 Å². The van der Waals surface area contributed by atoms with Gasteiger partial charge in [0.15, 0.2) is 0 Å². The zero-order valence-electron chi connectivity index (χ0n) is 22.4. The molecule has 0 radical (unpaired) electrons. The van der Waals surface area contributed by atoms with E-state index in [0.29, 0.717) is 23.4 Å². The maximum atomic E-state index is 13.7.